The summed E-state index contributed by atoms with van der Waals surface area (Å²) in [6.07, 6.45) is 0. The predicted octanol–water partition coefficient (Wildman–Crippen LogP) is 1.19. The Kier molecular flexibility index (Phi) is 3.97. The largest absolute Gasteiger partial charge is 0.497 e. The predicted molar refractivity (Wildman–Crippen MR) is 68.3 cm³/mol. The fourth-order valence-electron chi connectivity index (χ4n) is 2.29. The van der Waals surface area contributed by atoms with Crippen LogP contribution in [-0.4, -0.2) is 42.7 Å². The first-order chi connectivity index (χ1) is 8.17. The van der Waals surface area contributed by atoms with Crippen LogP contribution in [0.1, 0.15) is 18.3 Å². The van der Waals surface area contributed by atoms with E-state index in [9.17, 15) is 0 Å². The van der Waals surface area contributed by atoms with E-state index in [1.807, 2.05) is 19.1 Å². The van der Waals surface area contributed by atoms with Gasteiger partial charge in [-0.25, -0.2) is 0 Å². The van der Waals surface area contributed by atoms with Gasteiger partial charge < -0.3 is 10.1 Å². The van der Waals surface area contributed by atoms with Gasteiger partial charge in [0.05, 0.1) is 12.8 Å². The number of hydrogen-bond donors (Lipinski definition) is 1. The molecule has 4 heteroatoms. The van der Waals surface area contributed by atoms with Gasteiger partial charge in [-0.3, -0.25) is 9.88 Å². The summed E-state index contributed by atoms with van der Waals surface area (Å²) in [7, 11) is 1.70. The lowest BCUT2D eigenvalue weighted by molar-refractivity contribution is 0.197. The van der Waals surface area contributed by atoms with E-state index in [2.05, 4.69) is 22.1 Å². The Labute approximate surface area is 103 Å². The lowest BCUT2D eigenvalue weighted by Gasteiger charge is -2.31. The molecule has 0 radical (unpaired) electrons. The van der Waals surface area contributed by atoms with E-state index in [4.69, 9.17) is 4.74 Å². The highest BCUT2D eigenvalue weighted by Gasteiger charge is 2.16. The first-order valence-electron chi connectivity index (χ1n) is 6.14. The molecule has 0 amide bonds. The molecule has 94 valence electrons. The fraction of sp³-hybridized carbons (Fsp3) is 0.615. The molecule has 1 aromatic rings. The Balaban J connectivity index is 2.04. The standard InChI is InChI=1S/C13H21N3O/c1-10-6-13(17-3)7-12(15-10)9-16-5-4-14-11(2)8-16/h6-7,11,14H,4-5,8-9H2,1-3H3/t11-/m1/s1. The van der Waals surface area contributed by atoms with Crippen LogP contribution in [0.25, 0.3) is 0 Å². The van der Waals surface area contributed by atoms with Gasteiger partial charge in [-0.05, 0) is 13.8 Å². The van der Waals surface area contributed by atoms with E-state index < -0.39 is 0 Å². The third kappa shape index (κ3) is 3.41. The van der Waals surface area contributed by atoms with Crippen molar-refractivity contribution >= 4 is 0 Å². The van der Waals surface area contributed by atoms with Crippen molar-refractivity contribution in [2.24, 2.45) is 0 Å². The van der Waals surface area contributed by atoms with Crippen LogP contribution in [0.4, 0.5) is 0 Å². The number of rotatable bonds is 3. The van der Waals surface area contributed by atoms with E-state index in [0.29, 0.717) is 6.04 Å². The summed E-state index contributed by atoms with van der Waals surface area (Å²) in [6.45, 7) is 8.36. The van der Waals surface area contributed by atoms with Crippen molar-refractivity contribution in [2.45, 2.75) is 26.4 Å². The Morgan fingerprint density at radius 1 is 1.53 bits per heavy atom. The quantitative estimate of drug-likeness (QED) is 0.854. The zero-order valence-corrected chi connectivity index (χ0v) is 10.9. The second-order valence-corrected chi connectivity index (χ2v) is 4.73. The number of aromatic nitrogens is 1. The third-order valence-electron chi connectivity index (χ3n) is 3.05. The minimum absolute atomic E-state index is 0.565. The van der Waals surface area contributed by atoms with Crippen molar-refractivity contribution in [1.29, 1.82) is 0 Å². The number of methoxy groups -OCH3 is 1. The van der Waals surface area contributed by atoms with Crippen LogP contribution in [0.2, 0.25) is 0 Å². The number of hydrogen-bond acceptors (Lipinski definition) is 4. The average molecular weight is 235 g/mol. The number of ether oxygens (including phenoxy) is 1. The maximum Gasteiger partial charge on any atom is 0.122 e. The molecule has 1 aliphatic heterocycles. The summed E-state index contributed by atoms with van der Waals surface area (Å²) in [5.41, 5.74) is 2.11. The highest BCUT2D eigenvalue weighted by molar-refractivity contribution is 5.26. The Morgan fingerprint density at radius 2 is 2.35 bits per heavy atom. The van der Waals surface area contributed by atoms with Crippen LogP contribution in [0.15, 0.2) is 12.1 Å². The summed E-state index contributed by atoms with van der Waals surface area (Å²) in [5.74, 6) is 0.899. The van der Waals surface area contributed by atoms with Crippen molar-refractivity contribution in [3.8, 4) is 5.75 Å². The molecule has 1 aromatic heterocycles. The Bertz CT molecular complexity index is 381. The SMILES string of the molecule is COc1cc(C)nc(CN2CCN[C@H](C)C2)c1. The van der Waals surface area contributed by atoms with Gasteiger partial charge in [0.25, 0.3) is 0 Å². The van der Waals surface area contributed by atoms with Gasteiger partial charge in [-0.15, -0.1) is 0 Å². The van der Waals surface area contributed by atoms with E-state index in [0.717, 1.165) is 43.3 Å². The van der Waals surface area contributed by atoms with Crippen LogP contribution in [0.3, 0.4) is 0 Å². The molecule has 0 spiro atoms. The molecule has 1 aliphatic rings. The second kappa shape index (κ2) is 5.47. The molecule has 0 unspecified atom stereocenters. The van der Waals surface area contributed by atoms with Gasteiger partial charge in [0.2, 0.25) is 0 Å². The number of aryl methyl sites for hydroxylation is 1. The van der Waals surface area contributed by atoms with E-state index in [-0.39, 0.29) is 0 Å². The van der Waals surface area contributed by atoms with Crippen LogP contribution in [0, 0.1) is 6.92 Å². The summed E-state index contributed by atoms with van der Waals surface area (Å²) >= 11 is 0. The lowest BCUT2D eigenvalue weighted by Crippen LogP contribution is -2.48. The second-order valence-electron chi connectivity index (χ2n) is 4.73. The maximum absolute atomic E-state index is 5.28. The first kappa shape index (κ1) is 12.3. The number of nitrogens with one attached hydrogen (secondary N) is 1. The van der Waals surface area contributed by atoms with Crippen molar-refractivity contribution in [3.63, 3.8) is 0 Å². The van der Waals surface area contributed by atoms with Crippen LogP contribution in [0.5, 0.6) is 5.75 Å². The number of nitrogens with zero attached hydrogens (tertiary/aromatic N) is 2. The molecular formula is C13H21N3O. The normalized spacial score (nSPS) is 21.5. The lowest BCUT2D eigenvalue weighted by atomic mass is 10.2. The molecule has 1 atom stereocenters. The third-order valence-corrected chi connectivity index (χ3v) is 3.05. The maximum atomic E-state index is 5.28. The Hall–Kier alpha value is -1.13. The fourth-order valence-corrected chi connectivity index (χ4v) is 2.29. The topological polar surface area (TPSA) is 37.4 Å². The monoisotopic (exact) mass is 235 g/mol. The number of pyridine rings is 1. The molecule has 2 heterocycles. The van der Waals surface area contributed by atoms with Crippen molar-refractivity contribution in [1.82, 2.24) is 15.2 Å². The first-order valence-corrected chi connectivity index (χ1v) is 6.14. The van der Waals surface area contributed by atoms with Crippen molar-refractivity contribution in [2.75, 3.05) is 26.7 Å². The van der Waals surface area contributed by atoms with Gasteiger partial charge in [-0.2, -0.15) is 0 Å². The Morgan fingerprint density at radius 3 is 3.06 bits per heavy atom. The van der Waals surface area contributed by atoms with Gasteiger partial charge in [0.15, 0.2) is 0 Å². The summed E-state index contributed by atoms with van der Waals surface area (Å²) in [6, 6.07) is 4.55. The zero-order chi connectivity index (χ0) is 12.3. The smallest absolute Gasteiger partial charge is 0.122 e. The highest BCUT2D eigenvalue weighted by Crippen LogP contribution is 2.15. The summed E-state index contributed by atoms with van der Waals surface area (Å²) < 4.78 is 5.28. The minimum Gasteiger partial charge on any atom is -0.497 e. The van der Waals surface area contributed by atoms with Crippen LogP contribution >= 0.6 is 0 Å². The van der Waals surface area contributed by atoms with Gasteiger partial charge in [0.1, 0.15) is 5.75 Å². The zero-order valence-electron chi connectivity index (χ0n) is 10.9. The van der Waals surface area contributed by atoms with E-state index in [1.165, 1.54) is 0 Å². The van der Waals surface area contributed by atoms with Gasteiger partial charge in [-0.1, -0.05) is 0 Å². The molecular weight excluding hydrogens is 214 g/mol. The molecule has 17 heavy (non-hydrogen) atoms. The number of piperazine rings is 1. The molecule has 0 saturated carbocycles. The van der Waals surface area contributed by atoms with Crippen molar-refractivity contribution in [3.05, 3.63) is 23.5 Å². The molecule has 0 bridgehead atoms. The summed E-state index contributed by atoms with van der Waals surface area (Å²) in [4.78, 5) is 6.99. The van der Waals surface area contributed by atoms with E-state index in [1.54, 1.807) is 7.11 Å². The van der Waals surface area contributed by atoms with Crippen LogP contribution in [-0.2, 0) is 6.54 Å². The summed E-state index contributed by atoms with van der Waals surface area (Å²) in [5, 5.41) is 3.44. The molecule has 2 rings (SSSR count). The average Bonchev–Trinajstić information content (AvgIpc) is 2.28. The van der Waals surface area contributed by atoms with Crippen LogP contribution < -0.4 is 10.1 Å². The van der Waals surface area contributed by atoms with Gasteiger partial charge in [0, 0.05) is 50.0 Å². The molecule has 1 N–H and O–H groups in total. The molecule has 4 nitrogen and oxygen atoms in total. The molecule has 0 aromatic carbocycles. The van der Waals surface area contributed by atoms with E-state index >= 15 is 0 Å². The minimum atomic E-state index is 0.565. The molecule has 1 fully saturated rings. The van der Waals surface area contributed by atoms with Crippen molar-refractivity contribution < 1.29 is 4.74 Å². The van der Waals surface area contributed by atoms with Gasteiger partial charge >= 0.3 is 0 Å². The molecule has 1 saturated heterocycles. The molecule has 0 aliphatic carbocycles. The highest BCUT2D eigenvalue weighted by atomic mass is 16.5.